The molecule has 1 saturated carbocycles. The molecule has 0 aromatic heterocycles. The van der Waals surface area contributed by atoms with E-state index in [2.05, 4.69) is 35.2 Å². The first-order valence-electron chi connectivity index (χ1n) is 7.15. The first-order chi connectivity index (χ1) is 8.83. The molecule has 1 atom stereocenters. The molecule has 98 valence electrons. The molecule has 1 saturated heterocycles. The number of likely N-dealkylation sites (tertiary alicyclic amines) is 1. The summed E-state index contributed by atoms with van der Waals surface area (Å²) in [5, 5.41) is 0. The van der Waals surface area contributed by atoms with Crippen molar-refractivity contribution in [2.45, 2.75) is 38.0 Å². The van der Waals surface area contributed by atoms with Gasteiger partial charge in [0.2, 0.25) is 5.91 Å². The predicted molar refractivity (Wildman–Crippen MR) is 73.5 cm³/mol. The summed E-state index contributed by atoms with van der Waals surface area (Å²) in [6, 6.07) is 10.7. The smallest absolute Gasteiger partial charge is 1.00 e. The van der Waals surface area contributed by atoms with Crippen LogP contribution in [0.4, 0.5) is 0 Å². The molecule has 0 spiro atoms. The number of rotatable bonds is 3. The summed E-state index contributed by atoms with van der Waals surface area (Å²) in [6.45, 7) is 1.93. The third-order valence-electron chi connectivity index (χ3n) is 4.18. The second-order valence-electron chi connectivity index (χ2n) is 5.74. The van der Waals surface area contributed by atoms with Crippen molar-refractivity contribution < 1.29 is 35.8 Å². The summed E-state index contributed by atoms with van der Waals surface area (Å²) in [4.78, 5) is 14.2. The van der Waals surface area contributed by atoms with Gasteiger partial charge in [0.05, 0.1) is 0 Å². The molecule has 0 N–H and O–H groups in total. The average Bonchev–Trinajstić information content (AvgIpc) is 3.21. The largest absolute Gasteiger partial charge is 1.00 e. The number of amides is 1. The molecule has 1 amide bonds. The predicted octanol–water partition coefficient (Wildman–Crippen LogP) is 0.309. The van der Waals surface area contributed by atoms with Crippen LogP contribution in [0.1, 0.15) is 45.0 Å². The number of hydrogen-bond acceptors (Lipinski definition) is 1. The Morgan fingerprint density at radius 1 is 1.16 bits per heavy atom. The van der Waals surface area contributed by atoms with E-state index in [-0.39, 0.29) is 31.0 Å². The zero-order chi connectivity index (χ0) is 12.4. The maximum absolute atomic E-state index is 12.1. The van der Waals surface area contributed by atoms with Crippen LogP contribution >= 0.6 is 0 Å². The van der Waals surface area contributed by atoms with Crippen LogP contribution in [0.2, 0.25) is 0 Å². The molecule has 1 aromatic carbocycles. The number of hydrogen-bond donors (Lipinski definition) is 0. The van der Waals surface area contributed by atoms with E-state index < -0.39 is 0 Å². The molecule has 0 radical (unpaired) electrons. The second kappa shape index (κ2) is 6.92. The van der Waals surface area contributed by atoms with Gasteiger partial charge >= 0.3 is 29.6 Å². The minimum absolute atomic E-state index is 0. The molecule has 1 heterocycles. The van der Waals surface area contributed by atoms with Gasteiger partial charge in [-0.05, 0) is 37.2 Å². The van der Waals surface area contributed by atoms with Gasteiger partial charge in [0.1, 0.15) is 0 Å². The van der Waals surface area contributed by atoms with E-state index in [1.807, 2.05) is 0 Å². The second-order valence-corrected chi connectivity index (χ2v) is 5.74. The monoisotopic (exact) mass is 267 g/mol. The summed E-state index contributed by atoms with van der Waals surface area (Å²) in [6.07, 6.45) is 5.58. The Kier molecular flexibility index (Phi) is 5.49. The van der Waals surface area contributed by atoms with Gasteiger partial charge in [-0.15, -0.1) is 0 Å². The Morgan fingerprint density at radius 2 is 1.89 bits per heavy atom. The fraction of sp³-hybridized carbons (Fsp3) is 0.562. The van der Waals surface area contributed by atoms with Gasteiger partial charge in [0.25, 0.3) is 0 Å². The minimum atomic E-state index is 0. The van der Waals surface area contributed by atoms with E-state index in [0.717, 1.165) is 38.3 Å². The maximum Gasteiger partial charge on any atom is 1.00 e. The van der Waals surface area contributed by atoms with Crippen LogP contribution in [0.25, 0.3) is 0 Å². The van der Waals surface area contributed by atoms with Gasteiger partial charge in [-0.25, -0.2) is 0 Å². The van der Waals surface area contributed by atoms with Gasteiger partial charge in [-0.3, -0.25) is 4.79 Å². The van der Waals surface area contributed by atoms with Crippen molar-refractivity contribution >= 4 is 5.91 Å². The minimum Gasteiger partial charge on any atom is -1.00 e. The van der Waals surface area contributed by atoms with E-state index in [9.17, 15) is 4.79 Å². The van der Waals surface area contributed by atoms with Crippen LogP contribution in [0, 0.1) is 5.92 Å². The fourth-order valence-electron chi connectivity index (χ4n) is 2.90. The standard InChI is InChI=1S/C16H21NO.Na.H/c18-16-8-4-7-15(14-5-2-1-3-6-14)12-17(16)11-13-9-10-13;;/h1-3,5-6,13,15H,4,7-12H2;;/q;+1;-1. The van der Waals surface area contributed by atoms with Crippen molar-refractivity contribution in [3.05, 3.63) is 35.9 Å². The van der Waals surface area contributed by atoms with E-state index in [1.165, 1.54) is 18.4 Å². The molecule has 3 rings (SSSR count). The molecule has 1 aliphatic carbocycles. The van der Waals surface area contributed by atoms with E-state index in [1.54, 1.807) is 0 Å². The first kappa shape index (κ1) is 15.1. The fourth-order valence-corrected chi connectivity index (χ4v) is 2.90. The van der Waals surface area contributed by atoms with Crippen molar-refractivity contribution in [1.29, 1.82) is 0 Å². The summed E-state index contributed by atoms with van der Waals surface area (Å²) in [5.41, 5.74) is 1.40. The van der Waals surface area contributed by atoms with E-state index >= 15 is 0 Å². The molecule has 19 heavy (non-hydrogen) atoms. The third-order valence-corrected chi connectivity index (χ3v) is 4.18. The first-order valence-corrected chi connectivity index (χ1v) is 7.15. The Hall–Kier alpha value is -0.310. The van der Waals surface area contributed by atoms with Crippen LogP contribution in [0.15, 0.2) is 30.3 Å². The SMILES string of the molecule is O=C1CCCC(c2ccccc2)CN1CC1CC1.[H-].[Na+]. The molecule has 0 bridgehead atoms. The molecular weight excluding hydrogens is 245 g/mol. The molecule has 3 heteroatoms. The number of nitrogens with zero attached hydrogens (tertiary/aromatic N) is 1. The van der Waals surface area contributed by atoms with Crippen molar-refractivity contribution in [2.75, 3.05) is 13.1 Å². The Morgan fingerprint density at radius 3 is 2.58 bits per heavy atom. The molecular formula is C16H22NNaO. The molecule has 1 unspecified atom stereocenters. The third kappa shape index (κ3) is 4.08. The van der Waals surface area contributed by atoms with Crippen LogP contribution in [-0.2, 0) is 4.79 Å². The Labute approximate surface area is 139 Å². The Balaban J connectivity index is 0.000001000. The van der Waals surface area contributed by atoms with Crippen molar-refractivity contribution in [3.8, 4) is 0 Å². The summed E-state index contributed by atoms with van der Waals surface area (Å²) in [7, 11) is 0. The summed E-state index contributed by atoms with van der Waals surface area (Å²) >= 11 is 0. The van der Waals surface area contributed by atoms with Crippen LogP contribution < -0.4 is 29.6 Å². The van der Waals surface area contributed by atoms with Gasteiger partial charge < -0.3 is 6.33 Å². The normalized spacial score (nSPS) is 23.7. The quantitative estimate of drug-likeness (QED) is 0.722. The molecule has 1 aliphatic heterocycles. The zero-order valence-corrected chi connectivity index (χ0v) is 13.8. The molecule has 2 nitrogen and oxygen atoms in total. The molecule has 2 aliphatic rings. The van der Waals surface area contributed by atoms with Crippen LogP contribution in [-0.4, -0.2) is 23.9 Å². The summed E-state index contributed by atoms with van der Waals surface area (Å²) in [5.74, 6) is 1.71. The van der Waals surface area contributed by atoms with E-state index in [4.69, 9.17) is 0 Å². The van der Waals surface area contributed by atoms with Gasteiger partial charge in [0.15, 0.2) is 0 Å². The Bertz CT molecular complexity index is 422. The number of carbonyl (C=O) groups is 1. The van der Waals surface area contributed by atoms with Crippen LogP contribution in [0.3, 0.4) is 0 Å². The average molecular weight is 267 g/mol. The molecule has 1 aromatic rings. The van der Waals surface area contributed by atoms with Crippen molar-refractivity contribution in [3.63, 3.8) is 0 Å². The number of benzene rings is 1. The maximum atomic E-state index is 12.1. The van der Waals surface area contributed by atoms with Gasteiger partial charge in [-0.2, -0.15) is 0 Å². The van der Waals surface area contributed by atoms with Gasteiger partial charge in [-0.1, -0.05) is 30.3 Å². The summed E-state index contributed by atoms with van der Waals surface area (Å²) < 4.78 is 0. The van der Waals surface area contributed by atoms with Crippen LogP contribution in [0.5, 0.6) is 0 Å². The van der Waals surface area contributed by atoms with Crippen molar-refractivity contribution in [2.24, 2.45) is 5.92 Å². The zero-order valence-electron chi connectivity index (χ0n) is 12.8. The van der Waals surface area contributed by atoms with Crippen molar-refractivity contribution in [1.82, 2.24) is 4.90 Å². The molecule has 2 fully saturated rings. The van der Waals surface area contributed by atoms with Gasteiger partial charge in [0, 0.05) is 25.4 Å². The van der Waals surface area contributed by atoms with E-state index in [0.29, 0.717) is 11.8 Å². The number of carbonyl (C=O) groups excluding carboxylic acids is 1. The topological polar surface area (TPSA) is 20.3 Å².